The van der Waals surface area contributed by atoms with E-state index >= 15 is 0 Å². The topological polar surface area (TPSA) is 113 Å². The molecule has 0 aliphatic heterocycles. The Hall–Kier alpha value is -4.52. The Morgan fingerprint density at radius 1 is 0.870 bits per heavy atom. The van der Waals surface area contributed by atoms with Crippen LogP contribution in [-0.4, -0.2) is 37.1 Å². The Morgan fingerprint density at radius 2 is 1.48 bits per heavy atom. The standard InChI is InChI=1S/C34H29F3N2O5S2/c1-21-28-4-2-3-5-30(28)45-31(21)29(20-22-6-8-25(9-7-22)32(40)38-18-19-46(42,43)44)33(41)39-27-16-12-24(13-17-27)23-10-14-26(15-11-23)34(35,36)37/h2-17,29H,18-20H2,1H3,(H,38,40)(H,39,41)(H,42,43,44). The maximum atomic E-state index is 13.9. The van der Waals surface area contributed by atoms with Gasteiger partial charge >= 0.3 is 6.18 Å². The van der Waals surface area contributed by atoms with Crippen LogP contribution in [0.4, 0.5) is 18.9 Å². The minimum absolute atomic E-state index is 0.238. The van der Waals surface area contributed by atoms with Crippen LogP contribution < -0.4 is 10.6 Å². The number of fused-ring (bicyclic) bond motifs is 1. The molecular weight excluding hydrogens is 638 g/mol. The molecule has 238 valence electrons. The molecule has 1 atom stereocenters. The minimum Gasteiger partial charge on any atom is -0.351 e. The van der Waals surface area contributed by atoms with E-state index in [4.69, 9.17) is 4.55 Å². The zero-order chi connectivity index (χ0) is 33.1. The zero-order valence-electron chi connectivity index (χ0n) is 24.5. The first-order chi connectivity index (χ1) is 21.8. The van der Waals surface area contributed by atoms with Gasteiger partial charge in [-0.15, -0.1) is 11.3 Å². The molecule has 12 heteroatoms. The molecule has 1 heterocycles. The van der Waals surface area contributed by atoms with E-state index in [0.29, 0.717) is 28.8 Å². The molecule has 0 aliphatic carbocycles. The van der Waals surface area contributed by atoms with E-state index < -0.39 is 39.4 Å². The van der Waals surface area contributed by atoms with Crippen molar-refractivity contribution in [1.82, 2.24) is 5.32 Å². The van der Waals surface area contributed by atoms with Gasteiger partial charge in [-0.1, -0.05) is 54.6 Å². The van der Waals surface area contributed by atoms with E-state index in [0.717, 1.165) is 38.2 Å². The summed E-state index contributed by atoms with van der Waals surface area (Å²) in [5.74, 6) is -1.92. The number of nitrogens with one attached hydrogen (secondary N) is 2. The quantitative estimate of drug-likeness (QED) is 0.134. The maximum Gasteiger partial charge on any atom is 0.416 e. The van der Waals surface area contributed by atoms with E-state index in [2.05, 4.69) is 10.6 Å². The van der Waals surface area contributed by atoms with Crippen molar-refractivity contribution in [2.45, 2.75) is 25.4 Å². The Balaban J connectivity index is 1.35. The number of alkyl halides is 3. The predicted octanol–water partition coefficient (Wildman–Crippen LogP) is 7.48. The van der Waals surface area contributed by atoms with Gasteiger partial charge < -0.3 is 10.6 Å². The fourth-order valence-corrected chi connectivity index (χ4v) is 6.75. The first-order valence-corrected chi connectivity index (χ1v) is 16.6. The van der Waals surface area contributed by atoms with Crippen molar-refractivity contribution in [2.75, 3.05) is 17.6 Å². The van der Waals surface area contributed by atoms with Crippen molar-refractivity contribution in [1.29, 1.82) is 0 Å². The van der Waals surface area contributed by atoms with E-state index in [1.165, 1.54) is 23.5 Å². The largest absolute Gasteiger partial charge is 0.416 e. The molecule has 0 spiro atoms. The first-order valence-electron chi connectivity index (χ1n) is 14.2. The average Bonchev–Trinajstić information content (AvgIpc) is 3.35. The normalized spacial score (nSPS) is 12.5. The van der Waals surface area contributed by atoms with Crippen LogP contribution in [0, 0.1) is 6.92 Å². The van der Waals surface area contributed by atoms with Crippen molar-refractivity contribution in [2.24, 2.45) is 0 Å². The van der Waals surface area contributed by atoms with Gasteiger partial charge in [-0.2, -0.15) is 21.6 Å². The smallest absolute Gasteiger partial charge is 0.351 e. The number of thiophene rings is 1. The summed E-state index contributed by atoms with van der Waals surface area (Å²) in [7, 11) is -4.20. The fraction of sp³-hybridized carbons (Fsp3) is 0.176. The van der Waals surface area contributed by atoms with Crippen molar-refractivity contribution >= 4 is 49.0 Å². The van der Waals surface area contributed by atoms with Gasteiger partial charge in [0.05, 0.1) is 17.2 Å². The van der Waals surface area contributed by atoms with Gasteiger partial charge in [-0.25, -0.2) is 0 Å². The number of amides is 2. The van der Waals surface area contributed by atoms with Crippen LogP contribution in [0.2, 0.25) is 0 Å². The third-order valence-corrected chi connectivity index (χ3v) is 9.62. The lowest BCUT2D eigenvalue weighted by Crippen LogP contribution is -2.28. The summed E-state index contributed by atoms with van der Waals surface area (Å²) >= 11 is 1.54. The molecule has 2 amide bonds. The highest BCUT2D eigenvalue weighted by Gasteiger charge is 2.30. The van der Waals surface area contributed by atoms with Crippen molar-refractivity contribution in [3.63, 3.8) is 0 Å². The lowest BCUT2D eigenvalue weighted by Gasteiger charge is -2.18. The third kappa shape index (κ3) is 8.00. The van der Waals surface area contributed by atoms with Crippen molar-refractivity contribution in [3.8, 4) is 11.1 Å². The molecular formula is C34H29F3N2O5S2. The highest BCUT2D eigenvalue weighted by molar-refractivity contribution is 7.85. The van der Waals surface area contributed by atoms with Crippen LogP contribution in [0.3, 0.4) is 0 Å². The molecule has 1 unspecified atom stereocenters. The molecule has 0 saturated heterocycles. The summed E-state index contributed by atoms with van der Waals surface area (Å²) < 4.78 is 70.6. The fourth-order valence-electron chi connectivity index (χ4n) is 5.08. The average molecular weight is 667 g/mol. The number of carbonyl (C=O) groups is 2. The summed E-state index contributed by atoms with van der Waals surface area (Å²) in [4.78, 5) is 27.2. The molecule has 0 aliphatic rings. The Morgan fingerprint density at radius 3 is 2.07 bits per heavy atom. The van der Waals surface area contributed by atoms with Crippen molar-refractivity contribution in [3.05, 3.63) is 124 Å². The lowest BCUT2D eigenvalue weighted by atomic mass is 9.93. The van der Waals surface area contributed by atoms with Crippen LogP contribution >= 0.6 is 11.3 Å². The second-order valence-corrected chi connectivity index (χ2v) is 13.4. The molecule has 7 nitrogen and oxygen atoms in total. The van der Waals surface area contributed by atoms with Gasteiger partial charge in [0.15, 0.2) is 0 Å². The van der Waals surface area contributed by atoms with Gasteiger partial charge in [0.1, 0.15) is 0 Å². The maximum absolute atomic E-state index is 13.9. The molecule has 0 fully saturated rings. The van der Waals surface area contributed by atoms with Crippen LogP contribution in [-0.2, 0) is 27.5 Å². The molecule has 0 saturated carbocycles. The molecule has 5 rings (SSSR count). The number of benzene rings is 4. The lowest BCUT2D eigenvalue weighted by molar-refractivity contribution is -0.137. The Kier molecular flexibility index (Phi) is 9.61. The second-order valence-electron chi connectivity index (χ2n) is 10.7. The summed E-state index contributed by atoms with van der Waals surface area (Å²) in [6.07, 6.45) is -4.09. The summed E-state index contributed by atoms with van der Waals surface area (Å²) in [5, 5.41) is 6.49. The number of hydrogen-bond donors (Lipinski definition) is 3. The van der Waals surface area contributed by atoms with Crippen LogP contribution in [0.25, 0.3) is 21.2 Å². The number of anilines is 1. The monoisotopic (exact) mass is 666 g/mol. The van der Waals surface area contributed by atoms with Gasteiger partial charge in [0.2, 0.25) is 5.91 Å². The van der Waals surface area contributed by atoms with Gasteiger partial charge in [0, 0.05) is 27.4 Å². The van der Waals surface area contributed by atoms with Gasteiger partial charge in [-0.3, -0.25) is 14.1 Å². The number of halogens is 3. The van der Waals surface area contributed by atoms with Crippen LogP contribution in [0.15, 0.2) is 97.1 Å². The molecule has 0 bridgehead atoms. The van der Waals surface area contributed by atoms with E-state index in [1.54, 1.807) is 48.5 Å². The highest BCUT2D eigenvalue weighted by atomic mass is 32.2. The highest BCUT2D eigenvalue weighted by Crippen LogP contribution is 2.38. The molecule has 3 N–H and O–H groups in total. The van der Waals surface area contributed by atoms with Gasteiger partial charge in [-0.05, 0) is 83.4 Å². The molecule has 46 heavy (non-hydrogen) atoms. The number of rotatable bonds is 10. The molecule has 5 aromatic rings. The van der Waals surface area contributed by atoms with Crippen LogP contribution in [0.1, 0.15) is 37.8 Å². The first kappa shape index (κ1) is 32.9. The number of carbonyl (C=O) groups excluding carboxylic acids is 2. The summed E-state index contributed by atoms with van der Waals surface area (Å²) in [5.41, 5.74) is 3.20. The minimum atomic E-state index is -4.42. The Labute approximate surface area is 267 Å². The second kappa shape index (κ2) is 13.5. The third-order valence-electron chi connectivity index (χ3n) is 7.51. The van der Waals surface area contributed by atoms with Gasteiger partial charge in [0.25, 0.3) is 16.0 Å². The van der Waals surface area contributed by atoms with Crippen molar-refractivity contribution < 1.29 is 35.7 Å². The SMILES string of the molecule is Cc1c(C(Cc2ccc(C(=O)NCCS(=O)(=O)O)cc2)C(=O)Nc2ccc(-c3ccc(C(F)(F)F)cc3)cc2)sc2ccccc12. The number of aryl methyl sites for hydroxylation is 1. The van der Waals surface area contributed by atoms with E-state index in [-0.39, 0.29) is 12.5 Å². The number of hydrogen-bond acceptors (Lipinski definition) is 5. The van der Waals surface area contributed by atoms with Crippen LogP contribution in [0.5, 0.6) is 0 Å². The molecule has 0 radical (unpaired) electrons. The van der Waals surface area contributed by atoms with E-state index in [1.807, 2.05) is 31.2 Å². The van der Waals surface area contributed by atoms with E-state index in [9.17, 15) is 31.2 Å². The Bertz CT molecular complexity index is 1970. The predicted molar refractivity (Wildman–Crippen MR) is 174 cm³/mol. The molecule has 4 aromatic carbocycles. The summed E-state index contributed by atoms with van der Waals surface area (Å²) in [6, 6.07) is 26.3. The zero-order valence-corrected chi connectivity index (χ0v) is 26.1. The molecule has 1 aromatic heterocycles. The summed E-state index contributed by atoms with van der Waals surface area (Å²) in [6.45, 7) is 1.74.